The summed E-state index contributed by atoms with van der Waals surface area (Å²) in [7, 11) is -1.30. The Kier molecular flexibility index (Phi) is 7.51. The van der Waals surface area contributed by atoms with Crippen molar-refractivity contribution in [1.29, 1.82) is 0 Å². The van der Waals surface area contributed by atoms with Gasteiger partial charge in [0.2, 0.25) is 0 Å². The molecule has 0 bridgehead atoms. The molecule has 0 spiro atoms. The zero-order chi connectivity index (χ0) is 27.1. The molecule has 6 rings (SSSR count). The number of benzene rings is 6. The summed E-state index contributed by atoms with van der Waals surface area (Å²) >= 11 is 0. The van der Waals surface area contributed by atoms with Crippen molar-refractivity contribution < 1.29 is 4.21 Å². The van der Waals surface area contributed by atoms with Gasteiger partial charge in [0, 0.05) is 43.9 Å². The van der Waals surface area contributed by atoms with Crippen molar-refractivity contribution in [2.75, 3.05) is 9.80 Å². The van der Waals surface area contributed by atoms with E-state index in [2.05, 4.69) is 58.3 Å². The smallest absolute Gasteiger partial charge is 0.0849 e. The van der Waals surface area contributed by atoms with Crippen LogP contribution in [0.4, 0.5) is 34.1 Å². The molecular formula is C36H28N2OS. The van der Waals surface area contributed by atoms with Gasteiger partial charge >= 0.3 is 0 Å². The van der Waals surface area contributed by atoms with Crippen molar-refractivity contribution in [3.8, 4) is 0 Å². The topological polar surface area (TPSA) is 23.6 Å². The van der Waals surface area contributed by atoms with Gasteiger partial charge in [0.05, 0.1) is 10.8 Å². The monoisotopic (exact) mass is 536 g/mol. The molecule has 0 aromatic heterocycles. The molecule has 0 unspecified atom stereocenters. The van der Waals surface area contributed by atoms with Crippen molar-refractivity contribution in [3.05, 3.63) is 170 Å². The second-order valence-electron chi connectivity index (χ2n) is 9.27. The van der Waals surface area contributed by atoms with E-state index in [9.17, 15) is 4.21 Å². The molecule has 0 heterocycles. The maximum Gasteiger partial charge on any atom is 0.0849 e. The van der Waals surface area contributed by atoms with Gasteiger partial charge in [-0.2, -0.15) is 0 Å². The lowest BCUT2D eigenvalue weighted by molar-refractivity contribution is 0.683. The lowest BCUT2D eigenvalue weighted by atomic mass is 10.2. The number of anilines is 6. The van der Waals surface area contributed by atoms with E-state index in [-0.39, 0.29) is 0 Å². The Morgan fingerprint density at radius 2 is 0.525 bits per heavy atom. The highest BCUT2D eigenvalue weighted by molar-refractivity contribution is 7.85. The van der Waals surface area contributed by atoms with Gasteiger partial charge in [-0.05, 0) is 97.1 Å². The lowest BCUT2D eigenvalue weighted by Crippen LogP contribution is -2.10. The van der Waals surface area contributed by atoms with Gasteiger partial charge in [-0.15, -0.1) is 0 Å². The molecule has 194 valence electrons. The molecule has 3 nitrogen and oxygen atoms in total. The summed E-state index contributed by atoms with van der Waals surface area (Å²) in [6.45, 7) is 0. The van der Waals surface area contributed by atoms with Gasteiger partial charge in [0.1, 0.15) is 0 Å². The van der Waals surface area contributed by atoms with E-state index in [4.69, 9.17) is 0 Å². The number of nitrogens with zero attached hydrogens (tertiary/aromatic N) is 2. The first-order chi connectivity index (χ1) is 19.8. The Bertz CT molecular complexity index is 1470. The van der Waals surface area contributed by atoms with Crippen LogP contribution in [0.25, 0.3) is 0 Å². The van der Waals surface area contributed by atoms with Crippen molar-refractivity contribution >= 4 is 44.9 Å². The van der Waals surface area contributed by atoms with Crippen molar-refractivity contribution in [2.24, 2.45) is 0 Å². The van der Waals surface area contributed by atoms with Gasteiger partial charge in [-0.3, -0.25) is 0 Å². The zero-order valence-electron chi connectivity index (χ0n) is 21.9. The van der Waals surface area contributed by atoms with Crippen LogP contribution in [0.15, 0.2) is 180 Å². The van der Waals surface area contributed by atoms with E-state index in [0.717, 1.165) is 43.9 Å². The fourth-order valence-electron chi connectivity index (χ4n) is 4.78. The normalized spacial score (nSPS) is 10.8. The van der Waals surface area contributed by atoms with Crippen LogP contribution in [0.5, 0.6) is 0 Å². The summed E-state index contributed by atoms with van der Waals surface area (Å²) in [6.07, 6.45) is 0. The predicted molar refractivity (Wildman–Crippen MR) is 167 cm³/mol. The maximum absolute atomic E-state index is 13.6. The summed E-state index contributed by atoms with van der Waals surface area (Å²) in [4.78, 5) is 5.92. The third-order valence-electron chi connectivity index (χ3n) is 6.68. The number of hydrogen-bond donors (Lipinski definition) is 0. The Hall–Kier alpha value is -4.93. The van der Waals surface area contributed by atoms with Crippen LogP contribution in [0, 0.1) is 0 Å². The van der Waals surface area contributed by atoms with E-state index >= 15 is 0 Å². The molecule has 0 N–H and O–H groups in total. The van der Waals surface area contributed by atoms with Crippen molar-refractivity contribution in [2.45, 2.75) is 9.79 Å². The first kappa shape index (κ1) is 25.4. The van der Waals surface area contributed by atoms with Crippen LogP contribution in [0.1, 0.15) is 0 Å². The summed E-state index contributed by atoms with van der Waals surface area (Å²) in [5, 5.41) is 0. The summed E-state index contributed by atoms with van der Waals surface area (Å²) in [6, 6.07) is 57.1. The molecule has 6 aromatic rings. The first-order valence-corrected chi connectivity index (χ1v) is 14.4. The summed E-state index contributed by atoms with van der Waals surface area (Å²) < 4.78 is 13.6. The molecule has 0 saturated heterocycles. The Labute approximate surface area is 238 Å². The molecule has 0 aliphatic heterocycles. The SMILES string of the molecule is O=S(c1ccc(N(c2ccccc2)c2ccccc2)cc1)c1ccc(N(c2ccccc2)c2ccccc2)cc1. The standard InChI is InChI=1S/C36H28N2OS/c39-40(35-25-21-33(22-26-35)37(29-13-5-1-6-14-29)30-15-7-2-8-16-30)36-27-23-34(24-28-36)38(31-17-9-3-10-18-31)32-19-11-4-12-20-32/h1-28H. The van der Waals surface area contributed by atoms with Crippen LogP contribution in [0.2, 0.25) is 0 Å². The Morgan fingerprint density at radius 1 is 0.300 bits per heavy atom. The highest BCUT2D eigenvalue weighted by Crippen LogP contribution is 2.36. The van der Waals surface area contributed by atoms with Crippen LogP contribution < -0.4 is 9.80 Å². The second-order valence-corrected chi connectivity index (χ2v) is 10.7. The Balaban J connectivity index is 1.27. The molecule has 0 fully saturated rings. The molecule has 0 aliphatic rings. The van der Waals surface area contributed by atoms with E-state index in [1.165, 1.54) is 0 Å². The number of hydrogen-bond acceptors (Lipinski definition) is 3. The summed E-state index contributed by atoms with van der Waals surface area (Å²) in [5.74, 6) is 0. The molecule has 0 amide bonds. The maximum atomic E-state index is 13.6. The molecule has 0 atom stereocenters. The fraction of sp³-hybridized carbons (Fsp3) is 0. The van der Waals surface area contributed by atoms with Gasteiger partial charge in [0.25, 0.3) is 0 Å². The van der Waals surface area contributed by atoms with E-state index in [1.54, 1.807) is 0 Å². The van der Waals surface area contributed by atoms with E-state index in [1.807, 2.05) is 121 Å². The van der Waals surface area contributed by atoms with E-state index < -0.39 is 10.8 Å². The van der Waals surface area contributed by atoms with Gasteiger partial charge < -0.3 is 9.80 Å². The average Bonchev–Trinajstić information content (AvgIpc) is 3.04. The van der Waals surface area contributed by atoms with Gasteiger partial charge in [0.15, 0.2) is 0 Å². The molecular weight excluding hydrogens is 508 g/mol. The van der Waals surface area contributed by atoms with Crippen LogP contribution >= 0.6 is 0 Å². The second kappa shape index (κ2) is 11.9. The van der Waals surface area contributed by atoms with Crippen molar-refractivity contribution in [3.63, 3.8) is 0 Å². The lowest BCUT2D eigenvalue weighted by Gasteiger charge is -2.25. The number of rotatable bonds is 8. The van der Waals surface area contributed by atoms with Gasteiger partial charge in [-0.1, -0.05) is 72.8 Å². The minimum atomic E-state index is -1.30. The van der Waals surface area contributed by atoms with Crippen LogP contribution in [-0.4, -0.2) is 4.21 Å². The third-order valence-corrected chi connectivity index (χ3v) is 8.08. The molecule has 6 aromatic carbocycles. The fourth-order valence-corrected chi connectivity index (χ4v) is 5.82. The van der Waals surface area contributed by atoms with Crippen molar-refractivity contribution in [1.82, 2.24) is 0 Å². The minimum absolute atomic E-state index is 0.764. The molecule has 40 heavy (non-hydrogen) atoms. The highest BCUT2D eigenvalue weighted by Gasteiger charge is 2.15. The van der Waals surface area contributed by atoms with Crippen LogP contribution in [-0.2, 0) is 10.8 Å². The quantitative estimate of drug-likeness (QED) is 0.193. The highest BCUT2D eigenvalue weighted by atomic mass is 32.2. The van der Waals surface area contributed by atoms with Crippen LogP contribution in [0.3, 0.4) is 0 Å². The first-order valence-electron chi connectivity index (χ1n) is 13.2. The Morgan fingerprint density at radius 3 is 0.775 bits per heavy atom. The minimum Gasteiger partial charge on any atom is -0.311 e. The van der Waals surface area contributed by atoms with E-state index in [0.29, 0.717) is 0 Å². The largest absolute Gasteiger partial charge is 0.311 e. The molecule has 4 heteroatoms. The molecule has 0 saturated carbocycles. The molecule has 0 aliphatic carbocycles. The zero-order valence-corrected chi connectivity index (χ0v) is 22.7. The number of para-hydroxylation sites is 4. The molecule has 0 radical (unpaired) electrons. The van der Waals surface area contributed by atoms with Gasteiger partial charge in [-0.25, -0.2) is 4.21 Å². The third kappa shape index (κ3) is 5.44. The average molecular weight is 537 g/mol. The predicted octanol–water partition coefficient (Wildman–Crippen LogP) is 9.79. The summed E-state index contributed by atoms with van der Waals surface area (Å²) in [5.41, 5.74) is 6.29.